The van der Waals surface area contributed by atoms with Gasteiger partial charge in [0, 0.05) is 56.1 Å². The zero-order valence-corrected chi connectivity index (χ0v) is 17.5. The molecule has 0 saturated carbocycles. The molecule has 156 valence electrons. The molecule has 1 aromatic carbocycles. The summed E-state index contributed by atoms with van der Waals surface area (Å²) in [6.45, 7) is 2.77. The summed E-state index contributed by atoms with van der Waals surface area (Å²) in [5.74, 6) is 0.799. The predicted octanol–water partition coefficient (Wildman–Crippen LogP) is 2.44. The van der Waals surface area contributed by atoms with Crippen molar-refractivity contribution in [2.24, 2.45) is 12.0 Å². The lowest BCUT2D eigenvalue weighted by Gasteiger charge is -2.34. The smallest absolute Gasteiger partial charge is 0.224 e. The van der Waals surface area contributed by atoms with E-state index in [2.05, 4.69) is 25.6 Å². The second-order valence-corrected chi connectivity index (χ2v) is 7.32. The molecule has 2 heterocycles. The van der Waals surface area contributed by atoms with Gasteiger partial charge in [0.15, 0.2) is 5.96 Å². The number of nitrogens with one attached hydrogen (secondary N) is 2. The van der Waals surface area contributed by atoms with E-state index in [-0.39, 0.29) is 12.0 Å². The van der Waals surface area contributed by atoms with Crippen LogP contribution in [0.1, 0.15) is 24.5 Å². The van der Waals surface area contributed by atoms with Gasteiger partial charge in [0.05, 0.1) is 19.3 Å². The number of amides is 1. The molecule has 0 bridgehead atoms. The van der Waals surface area contributed by atoms with E-state index < -0.39 is 0 Å². The summed E-state index contributed by atoms with van der Waals surface area (Å²) >= 11 is 5.85. The lowest BCUT2D eigenvalue weighted by atomic mass is 10.1. The number of morpholine rings is 1. The number of hydrogen-bond donors (Lipinski definition) is 2. The largest absolute Gasteiger partial charge is 0.370 e. The molecule has 1 amide bonds. The SMILES string of the molecule is CN=C(NCCCC(=O)Nc1ccc(Cl)cc1)N1CCOC(c2cnn(C)c2)C1. The molecule has 1 atom stereocenters. The third-order valence-electron chi connectivity index (χ3n) is 4.67. The van der Waals surface area contributed by atoms with Crippen molar-refractivity contribution in [2.75, 3.05) is 38.6 Å². The van der Waals surface area contributed by atoms with Crippen molar-refractivity contribution in [3.05, 3.63) is 47.2 Å². The van der Waals surface area contributed by atoms with Gasteiger partial charge in [0.2, 0.25) is 5.91 Å². The molecule has 8 nitrogen and oxygen atoms in total. The van der Waals surface area contributed by atoms with Crippen LogP contribution in [0.3, 0.4) is 0 Å². The molecule has 0 spiro atoms. The van der Waals surface area contributed by atoms with Crippen LogP contribution in [0.2, 0.25) is 5.02 Å². The highest BCUT2D eigenvalue weighted by atomic mass is 35.5. The van der Waals surface area contributed by atoms with E-state index in [0.29, 0.717) is 37.6 Å². The molecule has 1 saturated heterocycles. The highest BCUT2D eigenvalue weighted by molar-refractivity contribution is 6.30. The van der Waals surface area contributed by atoms with Gasteiger partial charge in [-0.1, -0.05) is 11.6 Å². The Kier molecular flexibility index (Phi) is 7.48. The third-order valence-corrected chi connectivity index (χ3v) is 4.92. The fourth-order valence-electron chi connectivity index (χ4n) is 3.19. The van der Waals surface area contributed by atoms with Crippen molar-refractivity contribution in [2.45, 2.75) is 18.9 Å². The van der Waals surface area contributed by atoms with E-state index in [9.17, 15) is 4.79 Å². The number of guanidine groups is 1. The molecular weight excluding hydrogens is 392 g/mol. The molecular formula is C20H27ClN6O2. The fourth-order valence-corrected chi connectivity index (χ4v) is 3.31. The minimum atomic E-state index is -0.0267. The molecule has 1 fully saturated rings. The molecule has 0 radical (unpaired) electrons. The van der Waals surface area contributed by atoms with Gasteiger partial charge >= 0.3 is 0 Å². The van der Waals surface area contributed by atoms with Gasteiger partial charge in [0.1, 0.15) is 6.10 Å². The van der Waals surface area contributed by atoms with Crippen molar-refractivity contribution < 1.29 is 9.53 Å². The Morgan fingerprint density at radius 3 is 2.86 bits per heavy atom. The molecule has 29 heavy (non-hydrogen) atoms. The van der Waals surface area contributed by atoms with Crippen LogP contribution in [0.5, 0.6) is 0 Å². The highest BCUT2D eigenvalue weighted by Gasteiger charge is 2.25. The average Bonchev–Trinajstić information content (AvgIpc) is 3.16. The molecule has 1 unspecified atom stereocenters. The van der Waals surface area contributed by atoms with Gasteiger partial charge in [-0.25, -0.2) is 0 Å². The first-order chi connectivity index (χ1) is 14.0. The van der Waals surface area contributed by atoms with Gasteiger partial charge < -0.3 is 20.3 Å². The van der Waals surface area contributed by atoms with Crippen LogP contribution < -0.4 is 10.6 Å². The number of aromatic nitrogens is 2. The number of rotatable bonds is 6. The number of aryl methyl sites for hydroxylation is 1. The molecule has 1 aromatic heterocycles. The number of carbonyl (C=O) groups excluding carboxylic acids is 1. The van der Waals surface area contributed by atoms with Crippen molar-refractivity contribution in [1.82, 2.24) is 20.0 Å². The lowest BCUT2D eigenvalue weighted by Crippen LogP contribution is -2.48. The Labute approximate surface area is 175 Å². The molecule has 1 aliphatic rings. The summed E-state index contributed by atoms with van der Waals surface area (Å²) in [7, 11) is 3.66. The number of benzene rings is 1. The molecule has 2 aromatic rings. The number of anilines is 1. The first-order valence-electron chi connectivity index (χ1n) is 9.66. The van der Waals surface area contributed by atoms with Gasteiger partial charge in [-0.2, -0.15) is 5.10 Å². The van der Waals surface area contributed by atoms with Crippen molar-refractivity contribution in [3.63, 3.8) is 0 Å². The minimum Gasteiger partial charge on any atom is -0.370 e. The number of hydrogen-bond acceptors (Lipinski definition) is 4. The monoisotopic (exact) mass is 418 g/mol. The standard InChI is InChI=1S/C20H27ClN6O2/c1-22-20(27-10-11-29-18(14-27)15-12-24-26(2)13-15)23-9-3-4-19(28)25-17-7-5-16(21)6-8-17/h5-8,12-13,18H,3-4,9-11,14H2,1-2H3,(H,22,23)(H,25,28). The number of ether oxygens (including phenoxy) is 1. The van der Waals surface area contributed by atoms with E-state index in [1.807, 2.05) is 19.4 Å². The maximum atomic E-state index is 12.1. The van der Waals surface area contributed by atoms with Crippen molar-refractivity contribution in [1.29, 1.82) is 0 Å². The lowest BCUT2D eigenvalue weighted by molar-refractivity contribution is -0.116. The van der Waals surface area contributed by atoms with Crippen LogP contribution in [-0.4, -0.2) is 59.8 Å². The summed E-state index contributed by atoms with van der Waals surface area (Å²) in [4.78, 5) is 18.6. The van der Waals surface area contributed by atoms with Gasteiger partial charge in [-0.3, -0.25) is 14.5 Å². The summed E-state index contributed by atoms with van der Waals surface area (Å²) in [6.07, 6.45) is 4.91. The van der Waals surface area contributed by atoms with Crippen molar-refractivity contribution in [3.8, 4) is 0 Å². The minimum absolute atomic E-state index is 0.0212. The van der Waals surface area contributed by atoms with E-state index in [0.717, 1.165) is 23.8 Å². The maximum Gasteiger partial charge on any atom is 0.224 e. The molecule has 0 aliphatic carbocycles. The predicted molar refractivity (Wildman–Crippen MR) is 114 cm³/mol. The van der Waals surface area contributed by atoms with E-state index in [4.69, 9.17) is 16.3 Å². The quantitative estimate of drug-likeness (QED) is 0.427. The Morgan fingerprint density at radius 2 is 2.17 bits per heavy atom. The topological polar surface area (TPSA) is 83.8 Å². The van der Waals surface area contributed by atoms with Gasteiger partial charge in [-0.15, -0.1) is 0 Å². The van der Waals surface area contributed by atoms with Crippen molar-refractivity contribution >= 4 is 29.2 Å². The molecule has 3 rings (SSSR count). The van der Waals surface area contributed by atoms with Crippen LogP contribution in [-0.2, 0) is 16.6 Å². The van der Waals surface area contributed by atoms with Crippen LogP contribution in [0.25, 0.3) is 0 Å². The Bertz CT molecular complexity index is 836. The molecule has 9 heteroatoms. The van der Waals surface area contributed by atoms with Crippen LogP contribution in [0.4, 0.5) is 5.69 Å². The first-order valence-corrected chi connectivity index (χ1v) is 10.0. The fraction of sp³-hybridized carbons (Fsp3) is 0.450. The van der Waals surface area contributed by atoms with Crippen LogP contribution in [0.15, 0.2) is 41.7 Å². The second kappa shape index (κ2) is 10.3. The third kappa shape index (κ3) is 6.20. The van der Waals surface area contributed by atoms with E-state index in [1.165, 1.54) is 0 Å². The highest BCUT2D eigenvalue weighted by Crippen LogP contribution is 2.21. The Balaban J connectivity index is 1.41. The number of aliphatic imine (C=N–C) groups is 1. The Hall–Kier alpha value is -2.58. The zero-order valence-electron chi connectivity index (χ0n) is 16.8. The molecule has 2 N–H and O–H groups in total. The van der Waals surface area contributed by atoms with Gasteiger partial charge in [0.25, 0.3) is 0 Å². The number of nitrogens with zero attached hydrogens (tertiary/aromatic N) is 4. The van der Waals surface area contributed by atoms with E-state index in [1.54, 1.807) is 36.0 Å². The van der Waals surface area contributed by atoms with Crippen LogP contribution in [0, 0.1) is 0 Å². The maximum absolute atomic E-state index is 12.1. The normalized spacial score (nSPS) is 17.3. The summed E-state index contributed by atoms with van der Waals surface area (Å²) < 4.78 is 7.66. The number of halogens is 1. The second-order valence-electron chi connectivity index (χ2n) is 6.89. The number of carbonyl (C=O) groups is 1. The summed E-state index contributed by atoms with van der Waals surface area (Å²) in [6, 6.07) is 7.09. The van der Waals surface area contributed by atoms with Crippen LogP contribution >= 0.6 is 11.6 Å². The molecule has 1 aliphatic heterocycles. The zero-order chi connectivity index (χ0) is 20.6. The first kappa shape index (κ1) is 21.1. The summed E-state index contributed by atoms with van der Waals surface area (Å²) in [5.41, 5.74) is 1.81. The van der Waals surface area contributed by atoms with Gasteiger partial charge in [-0.05, 0) is 30.7 Å². The average molecular weight is 419 g/mol. The Morgan fingerprint density at radius 1 is 1.38 bits per heavy atom. The summed E-state index contributed by atoms with van der Waals surface area (Å²) in [5, 5.41) is 11.1. The van der Waals surface area contributed by atoms with E-state index >= 15 is 0 Å².